The summed E-state index contributed by atoms with van der Waals surface area (Å²) in [5.74, 6) is -0.577. The first-order valence-electron chi connectivity index (χ1n) is 7.22. The molecule has 6 heteroatoms. The number of carbonyl (C=O) groups is 1. The minimum Gasteiger partial charge on any atom is -0.465 e. The molecule has 3 rings (SSSR count). The molecule has 0 radical (unpaired) electrons. The number of esters is 1. The SMILES string of the molecule is COC(=O)c1cn(Cc2ccccc2)c2cc(C(F)(F)F)ccc12. The van der Waals surface area contributed by atoms with Crippen molar-refractivity contribution in [2.45, 2.75) is 12.7 Å². The van der Waals surface area contributed by atoms with Gasteiger partial charge in [-0.25, -0.2) is 4.79 Å². The average Bonchev–Trinajstić information content (AvgIpc) is 2.92. The minimum atomic E-state index is -4.44. The summed E-state index contributed by atoms with van der Waals surface area (Å²) in [5, 5.41) is 0.436. The first kappa shape index (κ1) is 16.1. The molecule has 0 bridgehead atoms. The number of hydrogen-bond donors (Lipinski definition) is 0. The number of aromatic nitrogens is 1. The zero-order valence-electron chi connectivity index (χ0n) is 12.8. The van der Waals surface area contributed by atoms with Crippen molar-refractivity contribution in [2.75, 3.05) is 7.11 Å². The highest BCUT2D eigenvalue weighted by Gasteiger charge is 2.31. The second kappa shape index (κ2) is 6.03. The van der Waals surface area contributed by atoms with Crippen molar-refractivity contribution in [2.24, 2.45) is 0 Å². The average molecular weight is 333 g/mol. The lowest BCUT2D eigenvalue weighted by Gasteiger charge is -2.09. The van der Waals surface area contributed by atoms with Gasteiger partial charge < -0.3 is 9.30 Å². The summed E-state index contributed by atoms with van der Waals surface area (Å²) in [5.41, 5.74) is 0.758. The van der Waals surface area contributed by atoms with Crippen LogP contribution in [0.2, 0.25) is 0 Å². The Labute approximate surface area is 136 Å². The van der Waals surface area contributed by atoms with Gasteiger partial charge in [-0.1, -0.05) is 36.4 Å². The van der Waals surface area contributed by atoms with E-state index in [0.29, 0.717) is 17.4 Å². The number of carbonyl (C=O) groups excluding carboxylic acids is 1. The fourth-order valence-electron chi connectivity index (χ4n) is 2.65. The minimum absolute atomic E-state index is 0.247. The zero-order valence-corrected chi connectivity index (χ0v) is 12.8. The highest BCUT2D eigenvalue weighted by Crippen LogP contribution is 2.33. The van der Waals surface area contributed by atoms with E-state index < -0.39 is 17.7 Å². The van der Waals surface area contributed by atoms with Crippen LogP contribution in [-0.4, -0.2) is 17.6 Å². The van der Waals surface area contributed by atoms with Gasteiger partial charge >= 0.3 is 12.1 Å². The summed E-state index contributed by atoms with van der Waals surface area (Å²) in [6.45, 7) is 0.357. The Balaban J connectivity index is 2.17. The zero-order chi connectivity index (χ0) is 17.3. The number of methoxy groups -OCH3 is 1. The summed E-state index contributed by atoms with van der Waals surface area (Å²) in [7, 11) is 1.24. The molecule has 0 unspecified atom stereocenters. The number of halogens is 3. The first-order chi connectivity index (χ1) is 11.4. The van der Waals surface area contributed by atoms with Gasteiger partial charge in [0, 0.05) is 23.6 Å². The summed E-state index contributed by atoms with van der Waals surface area (Å²) in [4.78, 5) is 11.9. The van der Waals surface area contributed by atoms with Crippen LogP contribution in [-0.2, 0) is 17.5 Å². The van der Waals surface area contributed by atoms with E-state index in [2.05, 4.69) is 0 Å². The van der Waals surface area contributed by atoms with E-state index in [9.17, 15) is 18.0 Å². The standard InChI is InChI=1S/C18H14F3NO2/c1-24-17(23)15-11-22(10-12-5-3-2-4-6-12)16-9-13(18(19,20)21)7-8-14(15)16/h2-9,11H,10H2,1H3. The Morgan fingerprint density at radius 2 is 1.83 bits per heavy atom. The van der Waals surface area contributed by atoms with Crippen molar-refractivity contribution < 1.29 is 22.7 Å². The largest absolute Gasteiger partial charge is 0.465 e. The van der Waals surface area contributed by atoms with Gasteiger partial charge in [-0.3, -0.25) is 0 Å². The van der Waals surface area contributed by atoms with E-state index >= 15 is 0 Å². The third-order valence-corrected chi connectivity index (χ3v) is 3.81. The smallest absolute Gasteiger partial charge is 0.416 e. The molecule has 0 aliphatic rings. The fourth-order valence-corrected chi connectivity index (χ4v) is 2.65. The van der Waals surface area contributed by atoms with Crippen molar-refractivity contribution >= 4 is 16.9 Å². The summed E-state index contributed by atoms with van der Waals surface area (Å²) < 4.78 is 45.4. The van der Waals surface area contributed by atoms with Crippen LogP contribution in [0.5, 0.6) is 0 Å². The van der Waals surface area contributed by atoms with Gasteiger partial charge in [0.15, 0.2) is 0 Å². The van der Waals surface area contributed by atoms with Gasteiger partial charge in [0.2, 0.25) is 0 Å². The van der Waals surface area contributed by atoms with Crippen LogP contribution in [0.15, 0.2) is 54.7 Å². The lowest BCUT2D eigenvalue weighted by Crippen LogP contribution is -2.05. The van der Waals surface area contributed by atoms with Crippen molar-refractivity contribution in [3.05, 3.63) is 71.4 Å². The topological polar surface area (TPSA) is 31.2 Å². The maximum atomic E-state index is 13.0. The molecular formula is C18H14F3NO2. The molecule has 0 saturated carbocycles. The Morgan fingerprint density at radius 1 is 1.12 bits per heavy atom. The van der Waals surface area contributed by atoms with Crippen molar-refractivity contribution in [3.8, 4) is 0 Å². The quantitative estimate of drug-likeness (QED) is 0.661. The number of nitrogens with zero attached hydrogens (tertiary/aromatic N) is 1. The van der Waals surface area contributed by atoms with Gasteiger partial charge in [0.25, 0.3) is 0 Å². The van der Waals surface area contributed by atoms with Crippen molar-refractivity contribution in [1.29, 1.82) is 0 Å². The Morgan fingerprint density at radius 3 is 2.46 bits per heavy atom. The maximum absolute atomic E-state index is 13.0. The second-order valence-corrected chi connectivity index (χ2v) is 5.38. The molecule has 3 aromatic rings. The third-order valence-electron chi connectivity index (χ3n) is 3.81. The molecule has 1 heterocycles. The van der Waals surface area contributed by atoms with E-state index in [4.69, 9.17) is 4.74 Å². The van der Waals surface area contributed by atoms with Crippen molar-refractivity contribution in [1.82, 2.24) is 4.57 Å². The molecule has 2 aromatic carbocycles. The van der Waals surface area contributed by atoms with Crippen LogP contribution < -0.4 is 0 Å². The predicted octanol–water partition coefficient (Wildman–Crippen LogP) is 4.50. The molecule has 0 saturated heterocycles. The van der Waals surface area contributed by atoms with E-state index in [1.165, 1.54) is 19.4 Å². The summed E-state index contributed by atoms with van der Waals surface area (Å²) in [6.07, 6.45) is -2.91. The van der Waals surface area contributed by atoms with Crippen LogP contribution in [0.3, 0.4) is 0 Å². The Bertz CT molecular complexity index is 882. The molecule has 0 N–H and O–H groups in total. The van der Waals surface area contributed by atoms with Gasteiger partial charge in [-0.2, -0.15) is 13.2 Å². The van der Waals surface area contributed by atoms with Crippen LogP contribution >= 0.6 is 0 Å². The number of hydrogen-bond acceptors (Lipinski definition) is 2. The molecule has 0 atom stereocenters. The highest BCUT2D eigenvalue weighted by atomic mass is 19.4. The molecule has 1 aromatic heterocycles. The normalized spacial score (nSPS) is 11.7. The molecule has 0 aliphatic carbocycles. The van der Waals surface area contributed by atoms with Gasteiger partial charge in [-0.15, -0.1) is 0 Å². The highest BCUT2D eigenvalue weighted by molar-refractivity contribution is 6.04. The molecule has 0 spiro atoms. The van der Waals surface area contributed by atoms with E-state index in [1.54, 1.807) is 4.57 Å². The predicted molar refractivity (Wildman–Crippen MR) is 83.8 cm³/mol. The number of alkyl halides is 3. The Kier molecular flexibility index (Phi) is 4.05. The lowest BCUT2D eigenvalue weighted by atomic mass is 10.1. The first-order valence-corrected chi connectivity index (χ1v) is 7.22. The van der Waals surface area contributed by atoms with Gasteiger partial charge in [0.1, 0.15) is 0 Å². The molecular weight excluding hydrogens is 319 g/mol. The molecule has 0 amide bonds. The molecule has 3 nitrogen and oxygen atoms in total. The third kappa shape index (κ3) is 2.99. The molecule has 0 aliphatic heterocycles. The van der Waals surface area contributed by atoms with E-state index in [0.717, 1.165) is 17.7 Å². The monoisotopic (exact) mass is 333 g/mol. The molecule has 24 heavy (non-hydrogen) atoms. The number of fused-ring (bicyclic) bond motifs is 1. The van der Waals surface area contributed by atoms with Crippen LogP contribution in [0.25, 0.3) is 10.9 Å². The van der Waals surface area contributed by atoms with Crippen molar-refractivity contribution in [3.63, 3.8) is 0 Å². The van der Waals surface area contributed by atoms with Crippen LogP contribution in [0.4, 0.5) is 13.2 Å². The van der Waals surface area contributed by atoms with E-state index in [-0.39, 0.29) is 5.56 Å². The van der Waals surface area contributed by atoms with Gasteiger partial charge in [-0.05, 0) is 17.7 Å². The number of benzene rings is 2. The maximum Gasteiger partial charge on any atom is 0.416 e. The molecule has 124 valence electrons. The van der Waals surface area contributed by atoms with E-state index in [1.807, 2.05) is 30.3 Å². The van der Waals surface area contributed by atoms with Gasteiger partial charge in [0.05, 0.1) is 18.2 Å². The Hall–Kier alpha value is -2.76. The summed E-state index contributed by atoms with van der Waals surface area (Å²) in [6, 6.07) is 12.7. The number of rotatable bonds is 3. The van der Waals surface area contributed by atoms with Crippen LogP contribution in [0.1, 0.15) is 21.5 Å². The lowest BCUT2D eigenvalue weighted by molar-refractivity contribution is -0.137. The second-order valence-electron chi connectivity index (χ2n) is 5.38. The number of ether oxygens (including phenoxy) is 1. The fraction of sp³-hybridized carbons (Fsp3) is 0.167. The molecule has 0 fully saturated rings. The summed E-state index contributed by atoms with van der Waals surface area (Å²) >= 11 is 0. The van der Waals surface area contributed by atoms with Crippen LogP contribution in [0, 0.1) is 0 Å².